The maximum atomic E-state index is 3.52. The van der Waals surface area contributed by atoms with Gasteiger partial charge in [-0.1, -0.05) is 13.3 Å². The van der Waals surface area contributed by atoms with Crippen molar-refractivity contribution in [1.29, 1.82) is 0 Å². The van der Waals surface area contributed by atoms with E-state index in [-0.39, 0.29) is 0 Å². The molecule has 1 heterocycles. The monoisotopic (exact) mass is 139 g/mol. The molecule has 1 saturated heterocycles. The van der Waals surface area contributed by atoms with Gasteiger partial charge in [-0.05, 0) is 37.1 Å². The highest BCUT2D eigenvalue weighted by Gasteiger charge is 2.44. The Kier molecular flexibility index (Phi) is 1.48. The summed E-state index contributed by atoms with van der Waals surface area (Å²) in [6, 6.07) is 0. The topological polar surface area (TPSA) is 12.0 Å². The summed E-state index contributed by atoms with van der Waals surface area (Å²) in [5, 5.41) is 3.52. The fraction of sp³-hybridized carbons (Fsp3) is 1.00. The highest BCUT2D eigenvalue weighted by atomic mass is 14.9. The zero-order chi connectivity index (χ0) is 7.03. The lowest BCUT2D eigenvalue weighted by molar-refractivity contribution is 0.258. The van der Waals surface area contributed by atoms with Crippen molar-refractivity contribution >= 4 is 0 Å². The second-order valence-electron chi connectivity index (χ2n) is 3.94. The van der Waals surface area contributed by atoms with Crippen LogP contribution < -0.4 is 5.32 Å². The molecule has 58 valence electrons. The quantitative estimate of drug-likeness (QED) is 0.584. The standard InChI is InChI=1S/C9H17N/c1-2-9-5-3-4-8(9)6-10-7-9/h8,10H,2-7H2,1H3/t8-,9+/m1/s1. The Hall–Kier alpha value is -0.0400. The van der Waals surface area contributed by atoms with E-state index in [1.165, 1.54) is 38.8 Å². The minimum atomic E-state index is 0.736. The molecule has 0 spiro atoms. The first-order valence-electron chi connectivity index (χ1n) is 4.58. The molecule has 1 heteroatoms. The number of hydrogen-bond acceptors (Lipinski definition) is 1. The van der Waals surface area contributed by atoms with Gasteiger partial charge in [-0.2, -0.15) is 0 Å². The lowest BCUT2D eigenvalue weighted by Gasteiger charge is -2.26. The molecule has 1 N–H and O–H groups in total. The van der Waals surface area contributed by atoms with Gasteiger partial charge in [0.15, 0.2) is 0 Å². The molecule has 0 radical (unpaired) electrons. The van der Waals surface area contributed by atoms with Crippen LogP contribution in [-0.4, -0.2) is 13.1 Å². The first kappa shape index (κ1) is 6.66. The minimum Gasteiger partial charge on any atom is -0.316 e. The SMILES string of the molecule is CC[C@@]12CCC[C@@H]1CNC2. The third-order valence-corrected chi connectivity index (χ3v) is 3.67. The van der Waals surface area contributed by atoms with Crippen LogP contribution in [0.2, 0.25) is 0 Å². The summed E-state index contributed by atoms with van der Waals surface area (Å²) in [5.74, 6) is 1.03. The summed E-state index contributed by atoms with van der Waals surface area (Å²) >= 11 is 0. The van der Waals surface area contributed by atoms with Crippen molar-refractivity contribution in [3.8, 4) is 0 Å². The maximum absolute atomic E-state index is 3.52. The fourth-order valence-corrected chi connectivity index (χ4v) is 2.85. The molecule has 0 aromatic rings. The lowest BCUT2D eigenvalue weighted by atomic mass is 9.78. The predicted molar refractivity (Wildman–Crippen MR) is 42.9 cm³/mol. The smallest absolute Gasteiger partial charge is 0.00110 e. The molecule has 2 fully saturated rings. The highest BCUT2D eigenvalue weighted by molar-refractivity contribution is 4.97. The Bertz CT molecular complexity index is 121. The van der Waals surface area contributed by atoms with Crippen LogP contribution in [-0.2, 0) is 0 Å². The molecule has 1 aliphatic carbocycles. The van der Waals surface area contributed by atoms with Crippen molar-refractivity contribution in [2.24, 2.45) is 11.3 Å². The van der Waals surface area contributed by atoms with Crippen LogP contribution in [0, 0.1) is 11.3 Å². The van der Waals surface area contributed by atoms with Crippen molar-refractivity contribution in [3.63, 3.8) is 0 Å². The second-order valence-corrected chi connectivity index (χ2v) is 3.94. The Labute approximate surface area is 63.2 Å². The molecule has 0 bridgehead atoms. The van der Waals surface area contributed by atoms with Gasteiger partial charge in [0, 0.05) is 6.54 Å². The zero-order valence-corrected chi connectivity index (χ0v) is 6.82. The zero-order valence-electron chi connectivity index (χ0n) is 6.82. The molecule has 2 aliphatic rings. The molecule has 10 heavy (non-hydrogen) atoms. The van der Waals surface area contributed by atoms with Crippen molar-refractivity contribution < 1.29 is 0 Å². The largest absolute Gasteiger partial charge is 0.316 e. The summed E-state index contributed by atoms with van der Waals surface area (Å²) in [5.41, 5.74) is 0.736. The molecule has 1 aliphatic heterocycles. The first-order chi connectivity index (χ1) is 4.87. The maximum Gasteiger partial charge on any atom is 0.00110 e. The fourth-order valence-electron chi connectivity index (χ4n) is 2.85. The summed E-state index contributed by atoms with van der Waals surface area (Å²) < 4.78 is 0. The van der Waals surface area contributed by atoms with Gasteiger partial charge in [0.2, 0.25) is 0 Å². The van der Waals surface area contributed by atoms with Crippen molar-refractivity contribution in [2.75, 3.05) is 13.1 Å². The number of nitrogens with one attached hydrogen (secondary N) is 1. The Morgan fingerprint density at radius 2 is 2.50 bits per heavy atom. The molecule has 0 unspecified atom stereocenters. The van der Waals surface area contributed by atoms with Crippen LogP contribution >= 0.6 is 0 Å². The van der Waals surface area contributed by atoms with Crippen LogP contribution in [0.15, 0.2) is 0 Å². The number of fused-ring (bicyclic) bond motifs is 1. The summed E-state index contributed by atoms with van der Waals surface area (Å²) in [7, 11) is 0. The summed E-state index contributed by atoms with van der Waals surface area (Å²) in [6.07, 6.45) is 5.85. The summed E-state index contributed by atoms with van der Waals surface area (Å²) in [4.78, 5) is 0. The Morgan fingerprint density at radius 3 is 3.20 bits per heavy atom. The van der Waals surface area contributed by atoms with Crippen LogP contribution in [0.4, 0.5) is 0 Å². The van der Waals surface area contributed by atoms with Gasteiger partial charge >= 0.3 is 0 Å². The molecular formula is C9H17N. The van der Waals surface area contributed by atoms with Gasteiger partial charge in [0.25, 0.3) is 0 Å². The molecule has 0 amide bonds. The average Bonchev–Trinajstić information content (AvgIpc) is 2.42. The van der Waals surface area contributed by atoms with E-state index in [0.29, 0.717) is 0 Å². The molecule has 1 nitrogen and oxygen atoms in total. The van der Waals surface area contributed by atoms with Gasteiger partial charge in [0.05, 0.1) is 0 Å². The highest BCUT2D eigenvalue weighted by Crippen LogP contribution is 2.47. The third kappa shape index (κ3) is 0.731. The summed E-state index contributed by atoms with van der Waals surface area (Å²) in [6.45, 7) is 4.95. The Balaban J connectivity index is 2.15. The third-order valence-electron chi connectivity index (χ3n) is 3.67. The van der Waals surface area contributed by atoms with E-state index in [0.717, 1.165) is 11.3 Å². The van der Waals surface area contributed by atoms with Gasteiger partial charge < -0.3 is 5.32 Å². The molecule has 1 saturated carbocycles. The molecular weight excluding hydrogens is 122 g/mol. The van der Waals surface area contributed by atoms with E-state index < -0.39 is 0 Å². The Morgan fingerprint density at radius 1 is 1.60 bits per heavy atom. The second kappa shape index (κ2) is 2.23. The van der Waals surface area contributed by atoms with E-state index in [2.05, 4.69) is 12.2 Å². The van der Waals surface area contributed by atoms with Crippen LogP contribution in [0.25, 0.3) is 0 Å². The predicted octanol–water partition coefficient (Wildman–Crippen LogP) is 1.79. The normalized spacial score (nSPS) is 45.9. The van der Waals surface area contributed by atoms with Gasteiger partial charge in [-0.3, -0.25) is 0 Å². The first-order valence-corrected chi connectivity index (χ1v) is 4.58. The molecule has 0 aromatic heterocycles. The number of rotatable bonds is 1. The lowest BCUT2D eigenvalue weighted by Crippen LogP contribution is -2.23. The van der Waals surface area contributed by atoms with Crippen LogP contribution in [0.3, 0.4) is 0 Å². The van der Waals surface area contributed by atoms with Gasteiger partial charge in [-0.15, -0.1) is 0 Å². The van der Waals surface area contributed by atoms with Crippen molar-refractivity contribution in [1.82, 2.24) is 5.32 Å². The van der Waals surface area contributed by atoms with Gasteiger partial charge in [-0.25, -0.2) is 0 Å². The van der Waals surface area contributed by atoms with E-state index in [4.69, 9.17) is 0 Å². The molecule has 2 atom stereocenters. The number of hydrogen-bond donors (Lipinski definition) is 1. The molecule has 2 rings (SSSR count). The minimum absolute atomic E-state index is 0.736. The van der Waals surface area contributed by atoms with E-state index in [1.54, 1.807) is 0 Å². The van der Waals surface area contributed by atoms with Crippen molar-refractivity contribution in [2.45, 2.75) is 32.6 Å². The van der Waals surface area contributed by atoms with E-state index in [1.807, 2.05) is 0 Å². The van der Waals surface area contributed by atoms with Crippen LogP contribution in [0.1, 0.15) is 32.6 Å². The van der Waals surface area contributed by atoms with Crippen molar-refractivity contribution in [3.05, 3.63) is 0 Å². The van der Waals surface area contributed by atoms with Crippen LogP contribution in [0.5, 0.6) is 0 Å². The van der Waals surface area contributed by atoms with Gasteiger partial charge in [0.1, 0.15) is 0 Å². The molecule has 0 aromatic carbocycles. The van der Waals surface area contributed by atoms with E-state index >= 15 is 0 Å². The van der Waals surface area contributed by atoms with E-state index in [9.17, 15) is 0 Å². The average molecular weight is 139 g/mol.